The quantitative estimate of drug-likeness (QED) is 0.606. The van der Waals surface area contributed by atoms with E-state index in [-0.39, 0.29) is 11.9 Å². The molecule has 3 atom stereocenters. The number of nitrogens with one attached hydrogen (secondary N) is 1. The third kappa shape index (κ3) is 4.44. The number of carbonyl (C=O) groups is 1. The van der Waals surface area contributed by atoms with Crippen molar-refractivity contribution in [3.05, 3.63) is 18.7 Å². The largest absolute Gasteiger partial charge is 0.351 e. The molecule has 1 aromatic rings. The number of unbranched alkanes of at least 4 members (excludes halogenated alkanes) is 1. The van der Waals surface area contributed by atoms with Crippen molar-refractivity contribution in [2.24, 2.45) is 0 Å². The van der Waals surface area contributed by atoms with Crippen LogP contribution < -0.4 is 5.32 Å². The zero-order chi connectivity index (χ0) is 15.2. The third-order valence-electron chi connectivity index (χ3n) is 4.64. The minimum atomic E-state index is 0.227. The molecule has 4 nitrogen and oxygen atoms in total. The number of aromatic nitrogens is 2. The van der Waals surface area contributed by atoms with Gasteiger partial charge in [-0.05, 0) is 38.5 Å². The second-order valence-electron chi connectivity index (χ2n) is 6.26. The van der Waals surface area contributed by atoms with Crippen LogP contribution in [0.25, 0.3) is 0 Å². The summed E-state index contributed by atoms with van der Waals surface area (Å²) in [5.74, 6) is 1.53. The van der Waals surface area contributed by atoms with Gasteiger partial charge in [-0.2, -0.15) is 0 Å². The molecule has 22 heavy (non-hydrogen) atoms. The standard InChI is InChI=1S/C16H25N3OS2/c20-16(7-2-1-4-13-8-11-21-22-13)18-14-5-3-6-15(14)19-10-9-17-12-19/h9-10,12-15H,1-8,11H2,(H,18,20). The Balaban J connectivity index is 1.36. The Labute approximate surface area is 140 Å². The zero-order valence-electron chi connectivity index (χ0n) is 12.9. The average molecular weight is 340 g/mol. The molecule has 2 fully saturated rings. The highest BCUT2D eigenvalue weighted by Gasteiger charge is 2.29. The van der Waals surface area contributed by atoms with E-state index < -0.39 is 0 Å². The maximum absolute atomic E-state index is 12.2. The van der Waals surface area contributed by atoms with Gasteiger partial charge < -0.3 is 9.88 Å². The van der Waals surface area contributed by atoms with Gasteiger partial charge >= 0.3 is 0 Å². The lowest BCUT2D eigenvalue weighted by atomic mass is 10.1. The summed E-state index contributed by atoms with van der Waals surface area (Å²) in [7, 11) is 4.03. The molecule has 0 spiro atoms. The van der Waals surface area contributed by atoms with Crippen LogP contribution in [0.3, 0.4) is 0 Å². The van der Waals surface area contributed by atoms with Crippen LogP contribution in [0, 0.1) is 0 Å². The van der Waals surface area contributed by atoms with E-state index in [9.17, 15) is 4.79 Å². The number of hydrogen-bond donors (Lipinski definition) is 1. The number of imidazole rings is 1. The molecule has 0 bridgehead atoms. The summed E-state index contributed by atoms with van der Waals surface area (Å²) in [5.41, 5.74) is 0. The summed E-state index contributed by atoms with van der Waals surface area (Å²) < 4.78 is 2.15. The van der Waals surface area contributed by atoms with Crippen LogP contribution in [-0.2, 0) is 4.79 Å². The molecule has 6 heteroatoms. The average Bonchev–Trinajstić information content (AvgIpc) is 3.24. The fourth-order valence-electron chi connectivity index (χ4n) is 3.43. The van der Waals surface area contributed by atoms with Gasteiger partial charge in [-0.1, -0.05) is 28.0 Å². The smallest absolute Gasteiger partial charge is 0.220 e. The van der Waals surface area contributed by atoms with Crippen LogP contribution in [0.2, 0.25) is 0 Å². The highest BCUT2D eigenvalue weighted by atomic mass is 33.1. The topological polar surface area (TPSA) is 46.9 Å². The monoisotopic (exact) mass is 339 g/mol. The Morgan fingerprint density at radius 1 is 1.32 bits per heavy atom. The van der Waals surface area contributed by atoms with Crippen molar-refractivity contribution < 1.29 is 4.79 Å². The zero-order valence-corrected chi connectivity index (χ0v) is 14.6. The van der Waals surface area contributed by atoms with Crippen molar-refractivity contribution in [2.75, 3.05) is 5.75 Å². The summed E-state index contributed by atoms with van der Waals surface area (Å²) in [4.78, 5) is 16.3. The number of nitrogens with zero attached hydrogens (tertiary/aromatic N) is 2. The second-order valence-corrected chi connectivity index (χ2v) is 9.04. The van der Waals surface area contributed by atoms with E-state index in [4.69, 9.17) is 0 Å². The van der Waals surface area contributed by atoms with E-state index in [1.54, 1.807) is 0 Å². The van der Waals surface area contributed by atoms with Crippen LogP contribution in [0.15, 0.2) is 18.7 Å². The van der Waals surface area contributed by atoms with Crippen LogP contribution >= 0.6 is 21.6 Å². The molecule has 1 N–H and O–H groups in total. The van der Waals surface area contributed by atoms with Gasteiger partial charge in [-0.3, -0.25) is 4.79 Å². The molecular weight excluding hydrogens is 314 g/mol. The highest BCUT2D eigenvalue weighted by molar-refractivity contribution is 8.77. The fraction of sp³-hybridized carbons (Fsp3) is 0.750. The number of amides is 1. The van der Waals surface area contributed by atoms with Crippen LogP contribution in [0.5, 0.6) is 0 Å². The van der Waals surface area contributed by atoms with E-state index in [0.717, 1.165) is 24.5 Å². The number of rotatable bonds is 7. The van der Waals surface area contributed by atoms with Gasteiger partial charge in [-0.15, -0.1) is 0 Å². The Bertz CT molecular complexity index is 460. The maximum Gasteiger partial charge on any atom is 0.220 e. The molecule has 0 radical (unpaired) electrons. The van der Waals surface area contributed by atoms with Crippen molar-refractivity contribution in [2.45, 2.75) is 68.7 Å². The lowest BCUT2D eigenvalue weighted by Gasteiger charge is -2.22. The Hall–Kier alpha value is -0.620. The van der Waals surface area contributed by atoms with Crippen molar-refractivity contribution in [1.82, 2.24) is 14.9 Å². The first-order valence-electron chi connectivity index (χ1n) is 8.38. The van der Waals surface area contributed by atoms with Gasteiger partial charge in [0.1, 0.15) is 0 Å². The highest BCUT2D eigenvalue weighted by Crippen LogP contribution is 2.39. The lowest BCUT2D eigenvalue weighted by Crippen LogP contribution is -2.38. The van der Waals surface area contributed by atoms with Gasteiger partial charge in [0, 0.05) is 35.9 Å². The SMILES string of the molecule is O=C(CCCCC1CCSS1)NC1CCCC1n1ccnc1. The van der Waals surface area contributed by atoms with Crippen LogP contribution in [0.1, 0.15) is 57.4 Å². The van der Waals surface area contributed by atoms with Gasteiger partial charge in [0.25, 0.3) is 0 Å². The molecule has 122 valence electrons. The molecule has 3 rings (SSSR count). The first-order valence-corrected chi connectivity index (χ1v) is 10.8. The summed E-state index contributed by atoms with van der Waals surface area (Å²) in [6.07, 6.45) is 14.6. The molecule has 1 aromatic heterocycles. The lowest BCUT2D eigenvalue weighted by molar-refractivity contribution is -0.122. The molecule has 1 saturated carbocycles. The van der Waals surface area contributed by atoms with Crippen LogP contribution in [-0.4, -0.2) is 32.5 Å². The maximum atomic E-state index is 12.2. The summed E-state index contributed by atoms with van der Waals surface area (Å²) in [6.45, 7) is 0. The first kappa shape index (κ1) is 16.2. The molecule has 2 heterocycles. The normalized spacial score (nSPS) is 28.1. The summed E-state index contributed by atoms with van der Waals surface area (Å²) >= 11 is 0. The van der Waals surface area contributed by atoms with Gasteiger partial charge in [0.2, 0.25) is 5.91 Å². The molecule has 1 saturated heterocycles. The minimum Gasteiger partial charge on any atom is -0.351 e. The van der Waals surface area contributed by atoms with Crippen molar-refractivity contribution in [3.8, 4) is 0 Å². The van der Waals surface area contributed by atoms with Crippen molar-refractivity contribution >= 4 is 27.5 Å². The van der Waals surface area contributed by atoms with Gasteiger partial charge in [0.15, 0.2) is 0 Å². The minimum absolute atomic E-state index is 0.227. The molecule has 1 amide bonds. The Morgan fingerprint density at radius 2 is 2.27 bits per heavy atom. The summed E-state index contributed by atoms with van der Waals surface area (Å²) in [6, 6.07) is 0.668. The Morgan fingerprint density at radius 3 is 3.05 bits per heavy atom. The van der Waals surface area contributed by atoms with E-state index in [1.807, 2.05) is 40.3 Å². The van der Waals surface area contributed by atoms with Crippen LogP contribution in [0.4, 0.5) is 0 Å². The molecule has 1 aliphatic carbocycles. The van der Waals surface area contributed by atoms with Crippen molar-refractivity contribution in [3.63, 3.8) is 0 Å². The predicted molar refractivity (Wildman–Crippen MR) is 94.0 cm³/mol. The van der Waals surface area contributed by atoms with Crippen molar-refractivity contribution in [1.29, 1.82) is 0 Å². The first-order chi connectivity index (χ1) is 10.8. The second kappa shape index (κ2) is 8.29. The fourth-order valence-corrected chi connectivity index (χ4v) is 6.46. The summed E-state index contributed by atoms with van der Waals surface area (Å²) in [5, 5.41) is 4.08. The third-order valence-corrected chi connectivity index (χ3v) is 7.65. The Kier molecular flexibility index (Phi) is 6.12. The molecule has 1 aliphatic heterocycles. The predicted octanol–water partition coefficient (Wildman–Crippen LogP) is 3.81. The van der Waals surface area contributed by atoms with E-state index in [1.165, 1.54) is 31.4 Å². The van der Waals surface area contributed by atoms with Gasteiger partial charge in [0.05, 0.1) is 12.4 Å². The number of carbonyl (C=O) groups excluding carboxylic acids is 1. The molecule has 2 aliphatic rings. The van der Waals surface area contributed by atoms with E-state index >= 15 is 0 Å². The number of hydrogen-bond acceptors (Lipinski definition) is 4. The van der Waals surface area contributed by atoms with E-state index in [0.29, 0.717) is 12.5 Å². The van der Waals surface area contributed by atoms with E-state index in [2.05, 4.69) is 14.9 Å². The molecule has 3 unspecified atom stereocenters. The van der Waals surface area contributed by atoms with Gasteiger partial charge in [-0.25, -0.2) is 4.98 Å². The molecular formula is C16H25N3OS2. The molecule has 0 aromatic carbocycles.